The zero-order valence-corrected chi connectivity index (χ0v) is 9.39. The van der Waals surface area contributed by atoms with E-state index < -0.39 is 0 Å². The number of benzene rings is 1. The number of fused-ring (bicyclic) bond motifs is 3. The van der Waals surface area contributed by atoms with E-state index in [-0.39, 0.29) is 6.17 Å². The van der Waals surface area contributed by atoms with Gasteiger partial charge < -0.3 is 15.7 Å². The second-order valence-corrected chi connectivity index (χ2v) is 4.87. The molecule has 1 fully saturated rings. The first-order chi connectivity index (χ1) is 7.77. The highest BCUT2D eigenvalue weighted by Gasteiger charge is 2.33. The molecule has 0 amide bonds. The SMILES string of the molecule is NC1CCCC2CCc3c(O)cccc3N12. The molecule has 0 spiro atoms. The van der Waals surface area contributed by atoms with Crippen molar-refractivity contribution >= 4 is 5.69 Å². The van der Waals surface area contributed by atoms with Gasteiger partial charge in [0, 0.05) is 17.3 Å². The van der Waals surface area contributed by atoms with Crippen LogP contribution in [0.5, 0.6) is 5.75 Å². The van der Waals surface area contributed by atoms with Crippen LogP contribution in [0, 0.1) is 0 Å². The van der Waals surface area contributed by atoms with Crippen molar-refractivity contribution < 1.29 is 5.11 Å². The van der Waals surface area contributed by atoms with Crippen LogP contribution in [0.1, 0.15) is 31.2 Å². The molecule has 3 N–H and O–H groups in total. The van der Waals surface area contributed by atoms with Crippen molar-refractivity contribution in [1.82, 2.24) is 0 Å². The van der Waals surface area contributed by atoms with Gasteiger partial charge in [0.25, 0.3) is 0 Å². The molecule has 0 aromatic heterocycles. The van der Waals surface area contributed by atoms with Crippen molar-refractivity contribution in [3.63, 3.8) is 0 Å². The summed E-state index contributed by atoms with van der Waals surface area (Å²) in [7, 11) is 0. The Morgan fingerprint density at radius 2 is 2.12 bits per heavy atom. The highest BCUT2D eigenvalue weighted by atomic mass is 16.3. The van der Waals surface area contributed by atoms with Gasteiger partial charge in [0.2, 0.25) is 0 Å². The number of anilines is 1. The van der Waals surface area contributed by atoms with Crippen molar-refractivity contribution in [2.45, 2.75) is 44.3 Å². The summed E-state index contributed by atoms with van der Waals surface area (Å²) in [6, 6.07) is 6.36. The van der Waals surface area contributed by atoms with Crippen molar-refractivity contribution in [2.24, 2.45) is 5.73 Å². The van der Waals surface area contributed by atoms with Crippen LogP contribution >= 0.6 is 0 Å². The first-order valence-electron chi connectivity index (χ1n) is 6.12. The van der Waals surface area contributed by atoms with Gasteiger partial charge in [0.1, 0.15) is 5.75 Å². The van der Waals surface area contributed by atoms with Crippen molar-refractivity contribution in [1.29, 1.82) is 0 Å². The molecule has 0 bridgehead atoms. The standard InChI is InChI=1S/C13H18N2O/c14-13-6-1-3-9-7-8-10-11(15(9)13)4-2-5-12(10)16/h2,4-5,9,13,16H,1,3,6-8,14H2. The Hall–Kier alpha value is -1.22. The molecule has 3 heteroatoms. The zero-order chi connectivity index (χ0) is 11.1. The summed E-state index contributed by atoms with van der Waals surface area (Å²) < 4.78 is 0. The third kappa shape index (κ3) is 1.39. The first kappa shape index (κ1) is 9.97. The third-order valence-electron chi connectivity index (χ3n) is 3.92. The summed E-state index contributed by atoms with van der Waals surface area (Å²) in [5, 5.41) is 9.87. The highest BCUT2D eigenvalue weighted by Crippen LogP contribution is 2.40. The van der Waals surface area contributed by atoms with E-state index in [0.717, 1.165) is 30.5 Å². The fraction of sp³-hybridized carbons (Fsp3) is 0.538. The lowest BCUT2D eigenvalue weighted by molar-refractivity contribution is 0.356. The lowest BCUT2D eigenvalue weighted by atomic mass is 9.88. The van der Waals surface area contributed by atoms with Crippen LogP contribution in [0.3, 0.4) is 0 Å². The smallest absolute Gasteiger partial charge is 0.120 e. The minimum absolute atomic E-state index is 0.125. The van der Waals surface area contributed by atoms with Gasteiger partial charge >= 0.3 is 0 Å². The Morgan fingerprint density at radius 3 is 3.00 bits per heavy atom. The van der Waals surface area contributed by atoms with Gasteiger partial charge in [-0.2, -0.15) is 0 Å². The second kappa shape index (κ2) is 3.67. The summed E-state index contributed by atoms with van der Waals surface area (Å²) in [5.74, 6) is 0.425. The van der Waals surface area contributed by atoms with Gasteiger partial charge in [0.15, 0.2) is 0 Å². The van der Waals surface area contributed by atoms with Crippen LogP contribution in [0.15, 0.2) is 18.2 Å². The molecule has 0 radical (unpaired) electrons. The maximum Gasteiger partial charge on any atom is 0.120 e. The summed E-state index contributed by atoms with van der Waals surface area (Å²) >= 11 is 0. The molecule has 2 unspecified atom stereocenters. The molecule has 2 aliphatic heterocycles. The Kier molecular flexibility index (Phi) is 2.28. The molecule has 2 atom stereocenters. The predicted molar refractivity (Wildman–Crippen MR) is 64.5 cm³/mol. The van der Waals surface area contributed by atoms with E-state index in [4.69, 9.17) is 5.73 Å². The molecule has 2 aliphatic rings. The molecule has 0 saturated carbocycles. The van der Waals surface area contributed by atoms with E-state index in [1.807, 2.05) is 6.07 Å². The topological polar surface area (TPSA) is 49.5 Å². The first-order valence-corrected chi connectivity index (χ1v) is 6.12. The number of piperidine rings is 1. The van der Waals surface area contributed by atoms with Gasteiger partial charge in [-0.15, -0.1) is 0 Å². The summed E-state index contributed by atoms with van der Waals surface area (Å²) in [5.41, 5.74) is 8.43. The average Bonchev–Trinajstić information content (AvgIpc) is 2.29. The number of hydrogen-bond acceptors (Lipinski definition) is 3. The number of phenolic OH excluding ortho intramolecular Hbond substituents is 1. The Labute approximate surface area is 95.9 Å². The van der Waals surface area contributed by atoms with Crippen molar-refractivity contribution in [2.75, 3.05) is 4.90 Å². The van der Waals surface area contributed by atoms with E-state index >= 15 is 0 Å². The normalized spacial score (nSPS) is 28.4. The maximum atomic E-state index is 9.87. The van der Waals surface area contributed by atoms with E-state index in [1.54, 1.807) is 6.07 Å². The van der Waals surface area contributed by atoms with Gasteiger partial charge in [-0.05, 0) is 44.2 Å². The van der Waals surface area contributed by atoms with Crippen LogP contribution in [0.25, 0.3) is 0 Å². The average molecular weight is 218 g/mol. The minimum Gasteiger partial charge on any atom is -0.508 e. The minimum atomic E-state index is 0.125. The Morgan fingerprint density at radius 1 is 1.25 bits per heavy atom. The molecule has 2 heterocycles. The van der Waals surface area contributed by atoms with Gasteiger partial charge in [-0.25, -0.2) is 0 Å². The number of phenols is 1. The van der Waals surface area contributed by atoms with Crippen LogP contribution in [0.4, 0.5) is 5.69 Å². The summed E-state index contributed by atoms with van der Waals surface area (Å²) in [6.45, 7) is 0. The second-order valence-electron chi connectivity index (χ2n) is 4.87. The molecule has 1 aromatic carbocycles. The fourth-order valence-electron chi connectivity index (χ4n) is 3.14. The molecule has 3 rings (SSSR count). The largest absolute Gasteiger partial charge is 0.508 e. The number of nitrogens with zero attached hydrogens (tertiary/aromatic N) is 1. The summed E-state index contributed by atoms with van der Waals surface area (Å²) in [6.07, 6.45) is 5.76. The number of aromatic hydroxyl groups is 1. The highest BCUT2D eigenvalue weighted by molar-refractivity contribution is 5.62. The lowest BCUT2D eigenvalue weighted by Gasteiger charge is -2.46. The molecular formula is C13H18N2O. The van der Waals surface area contributed by atoms with Crippen LogP contribution < -0.4 is 10.6 Å². The van der Waals surface area contributed by atoms with Gasteiger partial charge in [-0.3, -0.25) is 0 Å². The summed E-state index contributed by atoms with van der Waals surface area (Å²) in [4.78, 5) is 2.32. The van der Waals surface area contributed by atoms with Crippen LogP contribution in [-0.2, 0) is 6.42 Å². The number of nitrogens with two attached hydrogens (primary N) is 1. The monoisotopic (exact) mass is 218 g/mol. The molecular weight excluding hydrogens is 200 g/mol. The quantitative estimate of drug-likeness (QED) is 0.700. The maximum absolute atomic E-state index is 9.87. The molecule has 86 valence electrons. The molecule has 16 heavy (non-hydrogen) atoms. The Balaban J connectivity index is 2.06. The zero-order valence-electron chi connectivity index (χ0n) is 9.39. The number of hydrogen-bond donors (Lipinski definition) is 2. The third-order valence-corrected chi connectivity index (χ3v) is 3.92. The van der Waals surface area contributed by atoms with E-state index in [0.29, 0.717) is 11.8 Å². The van der Waals surface area contributed by atoms with Gasteiger partial charge in [-0.1, -0.05) is 6.07 Å². The van der Waals surface area contributed by atoms with Crippen molar-refractivity contribution in [3.8, 4) is 5.75 Å². The lowest BCUT2D eigenvalue weighted by Crippen LogP contribution is -2.53. The van der Waals surface area contributed by atoms with E-state index in [9.17, 15) is 5.11 Å². The van der Waals surface area contributed by atoms with Crippen molar-refractivity contribution in [3.05, 3.63) is 23.8 Å². The van der Waals surface area contributed by atoms with Gasteiger partial charge in [0.05, 0.1) is 6.17 Å². The predicted octanol–water partition coefficient (Wildman–Crippen LogP) is 1.98. The molecule has 3 nitrogen and oxygen atoms in total. The molecule has 1 aromatic rings. The van der Waals surface area contributed by atoms with E-state index in [1.165, 1.54) is 12.8 Å². The Bertz CT molecular complexity index is 405. The van der Waals surface area contributed by atoms with E-state index in [2.05, 4.69) is 11.0 Å². The molecule has 1 saturated heterocycles. The van der Waals surface area contributed by atoms with Crippen LogP contribution in [-0.4, -0.2) is 17.3 Å². The number of rotatable bonds is 0. The van der Waals surface area contributed by atoms with Crippen LogP contribution in [0.2, 0.25) is 0 Å². The molecule has 0 aliphatic carbocycles. The fourth-order valence-corrected chi connectivity index (χ4v) is 3.14.